The summed E-state index contributed by atoms with van der Waals surface area (Å²) in [5.74, 6) is -0.801. The second-order valence-corrected chi connectivity index (χ2v) is 9.93. The number of aliphatic hydroxyl groups is 1. The lowest BCUT2D eigenvalue weighted by atomic mass is 9.83. The number of aromatic nitrogens is 1. The summed E-state index contributed by atoms with van der Waals surface area (Å²) >= 11 is 0. The molecule has 2 N–H and O–H groups in total. The number of hydrogen-bond acceptors (Lipinski definition) is 3. The SMILES string of the molecule is O=C([NH+]=CC1CCCc2ccc(F)cc21)c1ccc2nc(-c3ccc(F)cc3)c(CCCCCO)cc2c1. The van der Waals surface area contributed by atoms with Crippen LogP contribution in [0, 0.1) is 11.6 Å². The zero-order chi connectivity index (χ0) is 26.5. The van der Waals surface area contributed by atoms with E-state index in [9.17, 15) is 13.6 Å². The number of rotatable bonds is 8. The molecule has 0 bridgehead atoms. The zero-order valence-electron chi connectivity index (χ0n) is 21.2. The average molecular weight is 514 g/mol. The molecule has 194 valence electrons. The number of halogens is 2. The number of carbonyl (C=O) groups is 1. The maximum atomic E-state index is 13.8. The van der Waals surface area contributed by atoms with E-state index >= 15 is 0 Å². The fourth-order valence-corrected chi connectivity index (χ4v) is 5.25. The number of fused-ring (bicyclic) bond motifs is 2. The number of hydrogen-bond donors (Lipinski definition) is 2. The van der Waals surface area contributed by atoms with Gasteiger partial charge in [-0.2, -0.15) is 4.99 Å². The van der Waals surface area contributed by atoms with Crippen LogP contribution >= 0.6 is 0 Å². The van der Waals surface area contributed by atoms with E-state index in [2.05, 4.69) is 11.1 Å². The molecule has 38 heavy (non-hydrogen) atoms. The van der Waals surface area contributed by atoms with Crippen molar-refractivity contribution in [3.8, 4) is 11.3 Å². The van der Waals surface area contributed by atoms with Crippen LogP contribution in [0.2, 0.25) is 0 Å². The van der Waals surface area contributed by atoms with E-state index in [1.54, 1.807) is 30.5 Å². The van der Waals surface area contributed by atoms with Gasteiger partial charge in [-0.15, -0.1) is 0 Å². The molecular weight excluding hydrogens is 482 g/mol. The van der Waals surface area contributed by atoms with Gasteiger partial charge in [0.25, 0.3) is 0 Å². The van der Waals surface area contributed by atoms with Gasteiger partial charge < -0.3 is 5.11 Å². The summed E-state index contributed by atoms with van der Waals surface area (Å²) in [6.07, 6.45) is 7.85. The molecule has 0 aliphatic heterocycles. The topological polar surface area (TPSA) is 64.2 Å². The molecular formula is C32H31F2N2O2+. The molecule has 4 nitrogen and oxygen atoms in total. The molecule has 1 amide bonds. The fraction of sp³-hybridized carbons (Fsp3) is 0.281. The summed E-state index contributed by atoms with van der Waals surface area (Å²) in [5.41, 5.74) is 6.01. The second kappa shape index (κ2) is 11.7. The molecule has 0 radical (unpaired) electrons. The molecule has 0 fully saturated rings. The van der Waals surface area contributed by atoms with Crippen molar-refractivity contribution >= 4 is 23.0 Å². The van der Waals surface area contributed by atoms with Crippen molar-refractivity contribution in [3.05, 3.63) is 101 Å². The van der Waals surface area contributed by atoms with Crippen LogP contribution in [0.3, 0.4) is 0 Å². The molecule has 0 spiro atoms. The third kappa shape index (κ3) is 5.86. The number of amides is 1. The molecule has 1 aliphatic carbocycles. The van der Waals surface area contributed by atoms with Gasteiger partial charge in [-0.1, -0.05) is 12.5 Å². The first-order valence-corrected chi connectivity index (χ1v) is 13.2. The monoisotopic (exact) mass is 513 g/mol. The van der Waals surface area contributed by atoms with Crippen molar-refractivity contribution in [2.24, 2.45) is 0 Å². The van der Waals surface area contributed by atoms with Crippen LogP contribution in [-0.2, 0) is 12.8 Å². The summed E-state index contributed by atoms with van der Waals surface area (Å²) in [5, 5.41) is 9.98. The molecule has 1 unspecified atom stereocenters. The first-order valence-electron chi connectivity index (χ1n) is 13.2. The van der Waals surface area contributed by atoms with E-state index in [1.807, 2.05) is 18.2 Å². The number of aryl methyl sites for hydroxylation is 2. The van der Waals surface area contributed by atoms with Gasteiger partial charge in [0, 0.05) is 17.6 Å². The third-order valence-corrected chi connectivity index (χ3v) is 7.26. The normalized spacial score (nSPS) is 15.2. The van der Waals surface area contributed by atoms with Gasteiger partial charge in [-0.25, -0.2) is 18.6 Å². The lowest BCUT2D eigenvalue weighted by Crippen LogP contribution is -2.74. The Labute approximate surface area is 221 Å². The molecule has 1 heterocycles. The van der Waals surface area contributed by atoms with Gasteiger partial charge in [0.15, 0.2) is 6.21 Å². The molecule has 0 saturated carbocycles. The number of nitrogens with one attached hydrogen (secondary N) is 1. The highest BCUT2D eigenvalue weighted by Crippen LogP contribution is 2.30. The third-order valence-electron chi connectivity index (χ3n) is 7.26. The summed E-state index contributed by atoms with van der Waals surface area (Å²) < 4.78 is 27.4. The molecule has 4 aromatic rings. The maximum Gasteiger partial charge on any atom is 0.417 e. The highest BCUT2D eigenvalue weighted by Gasteiger charge is 2.22. The van der Waals surface area contributed by atoms with Crippen molar-refractivity contribution < 1.29 is 23.7 Å². The van der Waals surface area contributed by atoms with Gasteiger partial charge >= 0.3 is 5.91 Å². The molecule has 3 aromatic carbocycles. The van der Waals surface area contributed by atoms with E-state index in [0.29, 0.717) is 5.56 Å². The molecule has 5 rings (SSSR count). The van der Waals surface area contributed by atoms with Crippen LogP contribution in [0.4, 0.5) is 8.78 Å². The minimum atomic E-state index is -0.298. The molecule has 1 aromatic heterocycles. The zero-order valence-corrected chi connectivity index (χ0v) is 21.2. The van der Waals surface area contributed by atoms with Crippen molar-refractivity contribution in [3.63, 3.8) is 0 Å². The van der Waals surface area contributed by atoms with Gasteiger partial charge in [-0.3, -0.25) is 0 Å². The number of carbonyl (C=O) groups excluding carboxylic acids is 1. The first-order chi connectivity index (χ1) is 18.5. The second-order valence-electron chi connectivity index (χ2n) is 9.93. The van der Waals surface area contributed by atoms with Gasteiger partial charge in [0.2, 0.25) is 0 Å². The van der Waals surface area contributed by atoms with Crippen molar-refractivity contribution in [2.45, 2.75) is 50.9 Å². The molecule has 1 atom stereocenters. The van der Waals surface area contributed by atoms with Crippen molar-refractivity contribution in [1.29, 1.82) is 0 Å². The predicted octanol–water partition coefficient (Wildman–Crippen LogP) is 5.30. The first kappa shape index (κ1) is 25.9. The number of unbranched alkanes of at least 4 members (excludes halogenated alkanes) is 2. The minimum absolute atomic E-state index is 0.0238. The van der Waals surface area contributed by atoms with Crippen LogP contribution in [0.5, 0.6) is 0 Å². The van der Waals surface area contributed by atoms with E-state index in [4.69, 9.17) is 10.1 Å². The van der Waals surface area contributed by atoms with E-state index in [1.165, 1.54) is 18.2 Å². The Morgan fingerprint density at radius 1 is 0.974 bits per heavy atom. The predicted molar refractivity (Wildman–Crippen MR) is 145 cm³/mol. The Hall–Kier alpha value is -3.77. The number of nitrogens with zero attached hydrogens (tertiary/aromatic N) is 1. The van der Waals surface area contributed by atoms with Crippen molar-refractivity contribution in [1.82, 2.24) is 4.98 Å². The Balaban J connectivity index is 1.43. The number of aliphatic hydroxyl groups excluding tert-OH is 1. The average Bonchev–Trinajstić information content (AvgIpc) is 2.93. The lowest BCUT2D eigenvalue weighted by molar-refractivity contribution is -0.341. The van der Waals surface area contributed by atoms with E-state index in [0.717, 1.165) is 83.8 Å². The highest BCUT2D eigenvalue weighted by molar-refractivity contribution is 5.94. The van der Waals surface area contributed by atoms with Crippen LogP contribution in [0.1, 0.15) is 65.1 Å². The smallest absolute Gasteiger partial charge is 0.396 e. The fourth-order valence-electron chi connectivity index (χ4n) is 5.25. The number of pyridine rings is 1. The highest BCUT2D eigenvalue weighted by atomic mass is 19.1. The summed E-state index contributed by atoms with van der Waals surface area (Å²) in [7, 11) is 0. The van der Waals surface area contributed by atoms with Crippen LogP contribution in [0.15, 0.2) is 66.7 Å². The maximum absolute atomic E-state index is 13.8. The van der Waals surface area contributed by atoms with Crippen LogP contribution in [-0.4, -0.2) is 28.8 Å². The molecule has 6 heteroatoms. The van der Waals surface area contributed by atoms with Gasteiger partial charge in [0.1, 0.15) is 11.6 Å². The largest absolute Gasteiger partial charge is 0.417 e. The Morgan fingerprint density at radius 2 is 1.79 bits per heavy atom. The Bertz CT molecular complexity index is 1480. The number of benzene rings is 3. The van der Waals surface area contributed by atoms with E-state index in [-0.39, 0.29) is 30.1 Å². The van der Waals surface area contributed by atoms with Gasteiger partial charge in [-0.05, 0) is 116 Å². The molecule has 0 saturated heterocycles. The quantitative estimate of drug-likeness (QED) is 0.248. The lowest BCUT2D eigenvalue weighted by Gasteiger charge is -2.20. The van der Waals surface area contributed by atoms with Crippen molar-refractivity contribution in [2.75, 3.05) is 6.61 Å². The minimum Gasteiger partial charge on any atom is -0.396 e. The Morgan fingerprint density at radius 3 is 2.61 bits per heavy atom. The van der Waals surface area contributed by atoms with Crippen LogP contribution in [0.25, 0.3) is 22.2 Å². The van der Waals surface area contributed by atoms with Gasteiger partial charge in [0.05, 0.1) is 22.7 Å². The van der Waals surface area contributed by atoms with E-state index < -0.39 is 0 Å². The molecule has 1 aliphatic rings. The standard InChI is InChI=1S/C32H30F2N2O2/c33-27-12-9-22(10-13-27)31-23(5-2-1-3-16-37)17-26-18-24(11-15-30(26)36-31)32(38)35-20-25-7-4-6-21-8-14-28(34)19-29(21)25/h8-15,17-20,25,37H,1-7,16H2/p+1. The summed E-state index contributed by atoms with van der Waals surface area (Å²) in [4.78, 5) is 20.9. The van der Waals surface area contributed by atoms with Crippen LogP contribution < -0.4 is 4.99 Å². The summed E-state index contributed by atoms with van der Waals surface area (Å²) in [6.45, 7) is 0.164. The summed E-state index contributed by atoms with van der Waals surface area (Å²) in [6, 6.07) is 18.7. The Kier molecular flexibility index (Phi) is 7.99.